The summed E-state index contributed by atoms with van der Waals surface area (Å²) in [6.07, 6.45) is 0. The lowest BCUT2D eigenvalue weighted by molar-refractivity contribution is -0.139. The van der Waals surface area contributed by atoms with Crippen LogP contribution in [0, 0.1) is 0 Å². The second-order valence-electron chi connectivity index (χ2n) is 3.65. The smallest absolute Gasteiger partial charge is 0.330 e. The molecule has 17 heavy (non-hydrogen) atoms. The van der Waals surface area contributed by atoms with Crippen molar-refractivity contribution in [1.29, 1.82) is 0 Å². The number of benzene rings is 1. The zero-order valence-corrected chi connectivity index (χ0v) is 9.88. The first-order valence-electron chi connectivity index (χ1n) is 5.35. The Labute approximate surface area is 100 Å². The summed E-state index contributed by atoms with van der Waals surface area (Å²) in [5.74, 6) is -1.07. The van der Waals surface area contributed by atoms with Gasteiger partial charge in [-0.2, -0.15) is 0 Å². The van der Waals surface area contributed by atoms with Gasteiger partial charge in [-0.3, -0.25) is 0 Å². The Balaban J connectivity index is 2.82. The van der Waals surface area contributed by atoms with Gasteiger partial charge >= 0.3 is 12.0 Å². The van der Waals surface area contributed by atoms with Crippen LogP contribution < -0.4 is 5.32 Å². The summed E-state index contributed by atoms with van der Waals surface area (Å²) in [6, 6.07) is 7.20. The maximum Gasteiger partial charge on any atom is 0.330 e. The van der Waals surface area contributed by atoms with E-state index in [1.54, 1.807) is 37.4 Å². The molecule has 0 bridgehead atoms. The number of carbonyl (C=O) groups is 2. The molecule has 0 unspecified atom stereocenters. The topological polar surface area (TPSA) is 69.6 Å². The SMILES string of the molecule is CCN(C)C(=O)N[C@@H](C(=O)O)c1ccccc1. The molecule has 0 heterocycles. The molecule has 0 aliphatic rings. The minimum absolute atomic E-state index is 0.399. The third-order valence-electron chi connectivity index (χ3n) is 2.47. The summed E-state index contributed by atoms with van der Waals surface area (Å²) in [4.78, 5) is 24.1. The quantitative estimate of drug-likeness (QED) is 0.831. The minimum Gasteiger partial charge on any atom is -0.479 e. The highest BCUT2D eigenvalue weighted by Crippen LogP contribution is 2.12. The fourth-order valence-corrected chi connectivity index (χ4v) is 1.31. The summed E-state index contributed by atoms with van der Waals surface area (Å²) in [6.45, 7) is 2.34. The predicted octanol–water partition coefficient (Wildman–Crippen LogP) is 1.47. The standard InChI is InChI=1S/C12H16N2O3/c1-3-14(2)12(17)13-10(11(15)16)9-7-5-4-6-8-9/h4-8,10H,3H2,1-2H3,(H,13,17)(H,15,16)/t10-/m1/s1. The van der Waals surface area contributed by atoms with Crippen molar-refractivity contribution in [2.45, 2.75) is 13.0 Å². The van der Waals surface area contributed by atoms with E-state index < -0.39 is 18.0 Å². The number of nitrogens with one attached hydrogen (secondary N) is 1. The van der Waals surface area contributed by atoms with Gasteiger partial charge in [-0.05, 0) is 12.5 Å². The molecule has 0 fully saturated rings. The monoisotopic (exact) mass is 236 g/mol. The van der Waals surface area contributed by atoms with Gasteiger partial charge < -0.3 is 15.3 Å². The highest BCUT2D eigenvalue weighted by Gasteiger charge is 2.22. The molecule has 1 atom stereocenters. The minimum atomic E-state index is -1.07. The van der Waals surface area contributed by atoms with Crippen molar-refractivity contribution in [1.82, 2.24) is 10.2 Å². The third kappa shape index (κ3) is 3.48. The number of carboxylic acids is 1. The molecule has 0 radical (unpaired) electrons. The first-order valence-corrected chi connectivity index (χ1v) is 5.35. The summed E-state index contributed by atoms with van der Waals surface area (Å²) >= 11 is 0. The van der Waals surface area contributed by atoms with Gasteiger partial charge in [0.05, 0.1) is 0 Å². The molecule has 1 aromatic rings. The van der Waals surface area contributed by atoms with E-state index in [0.29, 0.717) is 12.1 Å². The molecular weight excluding hydrogens is 220 g/mol. The molecule has 0 aliphatic heterocycles. The van der Waals surface area contributed by atoms with E-state index in [1.165, 1.54) is 4.90 Å². The van der Waals surface area contributed by atoms with Crippen LogP contribution in [0.2, 0.25) is 0 Å². The van der Waals surface area contributed by atoms with Crippen molar-refractivity contribution in [2.24, 2.45) is 0 Å². The fraction of sp³-hybridized carbons (Fsp3) is 0.333. The lowest BCUT2D eigenvalue weighted by Gasteiger charge is -2.20. The van der Waals surface area contributed by atoms with Crippen molar-refractivity contribution >= 4 is 12.0 Å². The van der Waals surface area contributed by atoms with E-state index in [4.69, 9.17) is 5.11 Å². The molecular formula is C12H16N2O3. The Hall–Kier alpha value is -2.04. The number of hydrogen-bond acceptors (Lipinski definition) is 2. The van der Waals surface area contributed by atoms with Crippen molar-refractivity contribution < 1.29 is 14.7 Å². The molecule has 2 N–H and O–H groups in total. The molecule has 5 nitrogen and oxygen atoms in total. The first-order chi connectivity index (χ1) is 8.06. The average Bonchev–Trinajstić information content (AvgIpc) is 2.35. The molecule has 92 valence electrons. The van der Waals surface area contributed by atoms with Crippen LogP contribution in [0.1, 0.15) is 18.5 Å². The van der Waals surface area contributed by atoms with Crippen molar-refractivity contribution in [3.05, 3.63) is 35.9 Å². The molecule has 0 saturated heterocycles. The highest BCUT2D eigenvalue weighted by atomic mass is 16.4. The van der Waals surface area contributed by atoms with Crippen LogP contribution in [0.4, 0.5) is 4.79 Å². The van der Waals surface area contributed by atoms with Crippen LogP contribution in [-0.2, 0) is 4.79 Å². The molecule has 0 spiro atoms. The highest BCUT2D eigenvalue weighted by molar-refractivity contribution is 5.83. The fourth-order valence-electron chi connectivity index (χ4n) is 1.31. The van der Waals surface area contributed by atoms with Crippen LogP contribution >= 0.6 is 0 Å². The average molecular weight is 236 g/mol. The summed E-state index contributed by atoms with van der Waals surface area (Å²) in [5.41, 5.74) is 0.554. The van der Waals surface area contributed by atoms with Gasteiger partial charge in [0.15, 0.2) is 6.04 Å². The Morgan fingerprint density at radius 2 is 1.94 bits per heavy atom. The van der Waals surface area contributed by atoms with Crippen LogP contribution in [0.3, 0.4) is 0 Å². The van der Waals surface area contributed by atoms with Crippen LogP contribution in [0.25, 0.3) is 0 Å². The maximum absolute atomic E-state index is 11.6. The van der Waals surface area contributed by atoms with Gasteiger partial charge in [-0.1, -0.05) is 30.3 Å². The molecule has 1 rings (SSSR count). The van der Waals surface area contributed by atoms with Gasteiger partial charge in [0.25, 0.3) is 0 Å². The number of carboxylic acid groups (broad SMARTS) is 1. The maximum atomic E-state index is 11.6. The zero-order chi connectivity index (χ0) is 12.8. The lowest BCUT2D eigenvalue weighted by Crippen LogP contribution is -2.41. The second kappa shape index (κ2) is 5.89. The second-order valence-corrected chi connectivity index (χ2v) is 3.65. The molecule has 0 aromatic heterocycles. The lowest BCUT2D eigenvalue weighted by atomic mass is 10.1. The first kappa shape index (κ1) is 13.0. The van der Waals surface area contributed by atoms with Gasteiger partial charge in [-0.25, -0.2) is 9.59 Å². The summed E-state index contributed by atoms with van der Waals surface area (Å²) in [7, 11) is 1.61. The number of carbonyl (C=O) groups excluding carboxylic acids is 1. The van der Waals surface area contributed by atoms with Gasteiger partial charge in [0, 0.05) is 13.6 Å². The molecule has 2 amide bonds. The van der Waals surface area contributed by atoms with E-state index in [0.717, 1.165) is 0 Å². The Kier molecular flexibility index (Phi) is 4.51. The number of aliphatic carboxylic acids is 1. The van der Waals surface area contributed by atoms with Gasteiger partial charge in [0.2, 0.25) is 0 Å². The largest absolute Gasteiger partial charge is 0.479 e. The van der Waals surface area contributed by atoms with E-state index in [1.807, 2.05) is 6.92 Å². The van der Waals surface area contributed by atoms with Crippen molar-refractivity contribution in [2.75, 3.05) is 13.6 Å². The third-order valence-corrected chi connectivity index (χ3v) is 2.47. The van der Waals surface area contributed by atoms with Crippen LogP contribution in [-0.4, -0.2) is 35.6 Å². The summed E-state index contributed by atoms with van der Waals surface area (Å²) < 4.78 is 0. The molecule has 5 heteroatoms. The molecule has 1 aromatic carbocycles. The predicted molar refractivity (Wildman–Crippen MR) is 63.7 cm³/mol. The number of rotatable bonds is 4. The Bertz CT molecular complexity index is 392. The Morgan fingerprint density at radius 1 is 1.35 bits per heavy atom. The molecule has 0 aliphatic carbocycles. The number of nitrogens with zero attached hydrogens (tertiary/aromatic N) is 1. The van der Waals surface area contributed by atoms with Gasteiger partial charge in [0.1, 0.15) is 0 Å². The van der Waals surface area contributed by atoms with Gasteiger partial charge in [-0.15, -0.1) is 0 Å². The van der Waals surface area contributed by atoms with Crippen molar-refractivity contribution in [3.8, 4) is 0 Å². The van der Waals surface area contributed by atoms with E-state index in [-0.39, 0.29) is 0 Å². The normalized spacial score (nSPS) is 11.6. The van der Waals surface area contributed by atoms with Crippen molar-refractivity contribution in [3.63, 3.8) is 0 Å². The number of amides is 2. The zero-order valence-electron chi connectivity index (χ0n) is 9.88. The summed E-state index contributed by atoms with van der Waals surface area (Å²) in [5, 5.41) is 11.6. The van der Waals surface area contributed by atoms with Crippen LogP contribution in [0.15, 0.2) is 30.3 Å². The van der Waals surface area contributed by atoms with E-state index in [9.17, 15) is 9.59 Å². The Morgan fingerprint density at radius 3 is 2.41 bits per heavy atom. The van der Waals surface area contributed by atoms with E-state index >= 15 is 0 Å². The van der Waals surface area contributed by atoms with Crippen LogP contribution in [0.5, 0.6) is 0 Å². The van der Waals surface area contributed by atoms with E-state index in [2.05, 4.69) is 5.32 Å². The number of urea groups is 1. The number of hydrogen-bond donors (Lipinski definition) is 2. The molecule has 0 saturated carbocycles.